The zero-order valence-electron chi connectivity index (χ0n) is 14.0. The number of aryl methyl sites for hydroxylation is 2. The molecular weight excluding hydrogens is 304 g/mol. The standard InChI is InChI=1S/C19H20N2O3/c1-8-4-5-10(9(2)6-8)16-15-11-7-12(17(15)24-20-16)14-13(11)18(22)21(3)19(14)23/h4-6,11-15,17H,7H2,1-3H3/t11-,12+,13-,14+,15+,17+/m1/s1. The van der Waals surface area contributed by atoms with Gasteiger partial charge in [0.2, 0.25) is 11.8 Å². The zero-order chi connectivity index (χ0) is 16.7. The molecule has 5 heteroatoms. The lowest BCUT2D eigenvalue weighted by atomic mass is 9.71. The Morgan fingerprint density at radius 1 is 1.08 bits per heavy atom. The van der Waals surface area contributed by atoms with Crippen LogP contribution >= 0.6 is 0 Å². The van der Waals surface area contributed by atoms with E-state index in [1.165, 1.54) is 16.0 Å². The van der Waals surface area contributed by atoms with Gasteiger partial charge in [0.1, 0.15) is 6.10 Å². The van der Waals surface area contributed by atoms with Crippen molar-refractivity contribution in [2.45, 2.75) is 26.4 Å². The molecule has 0 N–H and O–H groups in total. The number of carbonyl (C=O) groups excluding carboxylic acids is 2. The highest BCUT2D eigenvalue weighted by atomic mass is 16.6. The molecule has 2 amide bonds. The van der Waals surface area contributed by atoms with E-state index < -0.39 is 0 Å². The van der Waals surface area contributed by atoms with E-state index in [1.807, 2.05) is 0 Å². The van der Waals surface area contributed by atoms with Crippen LogP contribution in [0.1, 0.15) is 23.1 Å². The van der Waals surface area contributed by atoms with Crippen molar-refractivity contribution in [1.29, 1.82) is 0 Å². The van der Waals surface area contributed by atoms with Gasteiger partial charge in [-0.2, -0.15) is 0 Å². The molecule has 1 aromatic rings. The van der Waals surface area contributed by atoms with Crippen LogP contribution < -0.4 is 0 Å². The molecule has 5 nitrogen and oxygen atoms in total. The number of hydrogen-bond donors (Lipinski definition) is 0. The molecule has 6 atom stereocenters. The molecule has 2 heterocycles. The van der Waals surface area contributed by atoms with Crippen LogP contribution in [-0.2, 0) is 14.4 Å². The van der Waals surface area contributed by atoms with Crippen molar-refractivity contribution < 1.29 is 14.4 Å². The van der Waals surface area contributed by atoms with Crippen LogP contribution in [0.15, 0.2) is 23.4 Å². The zero-order valence-corrected chi connectivity index (χ0v) is 14.0. The first-order valence-electron chi connectivity index (χ1n) is 8.62. The van der Waals surface area contributed by atoms with E-state index in [4.69, 9.17) is 4.84 Å². The Balaban J connectivity index is 1.55. The topological polar surface area (TPSA) is 59.0 Å². The second-order valence-electron chi connectivity index (χ2n) is 7.74. The number of nitrogens with zero attached hydrogens (tertiary/aromatic N) is 2. The van der Waals surface area contributed by atoms with Gasteiger partial charge in [-0.25, -0.2) is 0 Å². The Morgan fingerprint density at radius 3 is 2.50 bits per heavy atom. The summed E-state index contributed by atoms with van der Waals surface area (Å²) in [4.78, 5) is 32.1. The van der Waals surface area contributed by atoms with E-state index in [-0.39, 0.29) is 47.5 Å². The fourth-order valence-corrected chi connectivity index (χ4v) is 5.60. The summed E-state index contributed by atoms with van der Waals surface area (Å²) in [6, 6.07) is 6.35. The van der Waals surface area contributed by atoms with Gasteiger partial charge in [0.05, 0.1) is 17.5 Å². The highest BCUT2D eigenvalue weighted by Gasteiger charge is 2.69. The maximum atomic E-state index is 12.6. The Hall–Kier alpha value is -2.17. The molecule has 124 valence electrons. The van der Waals surface area contributed by atoms with E-state index in [0.29, 0.717) is 0 Å². The number of amides is 2. The number of likely N-dealkylation sites (tertiary alicyclic amines) is 1. The average Bonchev–Trinajstić information content (AvgIpc) is 3.25. The minimum Gasteiger partial charge on any atom is -0.391 e. The third-order valence-corrected chi connectivity index (χ3v) is 6.57. The molecule has 1 aromatic carbocycles. The summed E-state index contributed by atoms with van der Waals surface area (Å²) in [5, 5.41) is 4.40. The third-order valence-electron chi connectivity index (χ3n) is 6.57. The molecule has 0 radical (unpaired) electrons. The molecule has 2 bridgehead atoms. The number of rotatable bonds is 1. The number of oxime groups is 1. The quantitative estimate of drug-likeness (QED) is 0.741. The highest BCUT2D eigenvalue weighted by molar-refractivity contribution is 6.09. The monoisotopic (exact) mass is 324 g/mol. The number of carbonyl (C=O) groups is 2. The molecule has 2 saturated carbocycles. The average molecular weight is 324 g/mol. The number of fused-ring (bicyclic) bond motifs is 8. The lowest BCUT2D eigenvalue weighted by molar-refractivity contribution is -0.139. The molecule has 2 aliphatic carbocycles. The van der Waals surface area contributed by atoms with E-state index >= 15 is 0 Å². The van der Waals surface area contributed by atoms with Crippen molar-refractivity contribution in [3.05, 3.63) is 34.9 Å². The van der Waals surface area contributed by atoms with Crippen LogP contribution in [0.2, 0.25) is 0 Å². The fraction of sp³-hybridized carbons (Fsp3) is 0.526. The Bertz CT molecular complexity index is 815. The lowest BCUT2D eigenvalue weighted by Gasteiger charge is -2.30. The first-order chi connectivity index (χ1) is 11.5. The van der Waals surface area contributed by atoms with E-state index in [1.54, 1.807) is 7.05 Å². The van der Waals surface area contributed by atoms with Crippen molar-refractivity contribution in [1.82, 2.24) is 4.90 Å². The first-order valence-corrected chi connectivity index (χ1v) is 8.62. The summed E-state index contributed by atoms with van der Waals surface area (Å²) in [5.41, 5.74) is 4.49. The molecule has 24 heavy (non-hydrogen) atoms. The van der Waals surface area contributed by atoms with Gasteiger partial charge < -0.3 is 4.84 Å². The van der Waals surface area contributed by atoms with Crippen molar-refractivity contribution >= 4 is 17.5 Å². The number of imide groups is 1. The summed E-state index contributed by atoms with van der Waals surface area (Å²) in [7, 11) is 1.61. The van der Waals surface area contributed by atoms with Gasteiger partial charge in [-0.15, -0.1) is 0 Å². The largest absolute Gasteiger partial charge is 0.391 e. The number of hydrogen-bond acceptors (Lipinski definition) is 4. The molecule has 0 spiro atoms. The van der Waals surface area contributed by atoms with Crippen LogP contribution in [0.4, 0.5) is 0 Å². The molecule has 0 unspecified atom stereocenters. The minimum atomic E-state index is -0.192. The molecule has 3 fully saturated rings. The van der Waals surface area contributed by atoms with Gasteiger partial charge in [0.15, 0.2) is 0 Å². The van der Waals surface area contributed by atoms with Crippen molar-refractivity contribution in [3.63, 3.8) is 0 Å². The maximum Gasteiger partial charge on any atom is 0.233 e. The Kier molecular flexibility index (Phi) is 2.64. The smallest absolute Gasteiger partial charge is 0.233 e. The van der Waals surface area contributed by atoms with Crippen LogP contribution in [0.3, 0.4) is 0 Å². The van der Waals surface area contributed by atoms with Crippen LogP contribution in [-0.4, -0.2) is 35.6 Å². The van der Waals surface area contributed by atoms with Crippen molar-refractivity contribution in [2.75, 3.05) is 7.05 Å². The van der Waals surface area contributed by atoms with Crippen molar-refractivity contribution in [2.24, 2.45) is 34.7 Å². The Morgan fingerprint density at radius 2 is 1.79 bits per heavy atom. The van der Waals surface area contributed by atoms with Gasteiger partial charge in [-0.1, -0.05) is 28.9 Å². The lowest BCUT2D eigenvalue weighted by Crippen LogP contribution is -2.41. The summed E-state index contributed by atoms with van der Waals surface area (Å²) < 4.78 is 0. The van der Waals surface area contributed by atoms with Gasteiger partial charge in [0, 0.05) is 24.4 Å². The van der Waals surface area contributed by atoms with Crippen LogP contribution in [0.25, 0.3) is 0 Å². The predicted molar refractivity (Wildman–Crippen MR) is 87.2 cm³/mol. The molecular formula is C19H20N2O3. The second kappa shape index (κ2) is 4.47. The molecule has 2 aliphatic heterocycles. The van der Waals surface area contributed by atoms with Gasteiger partial charge in [-0.05, 0) is 31.7 Å². The minimum absolute atomic E-state index is 0.0113. The first kappa shape index (κ1) is 14.2. The maximum absolute atomic E-state index is 12.6. The fourth-order valence-electron chi connectivity index (χ4n) is 5.60. The molecule has 0 aromatic heterocycles. The van der Waals surface area contributed by atoms with Crippen LogP contribution in [0.5, 0.6) is 0 Å². The summed E-state index contributed by atoms with van der Waals surface area (Å²) >= 11 is 0. The number of benzene rings is 1. The third kappa shape index (κ3) is 1.53. The molecule has 4 aliphatic rings. The predicted octanol–water partition coefficient (Wildman–Crippen LogP) is 1.90. The van der Waals surface area contributed by atoms with E-state index in [2.05, 4.69) is 37.2 Å². The second-order valence-corrected chi connectivity index (χ2v) is 7.74. The van der Waals surface area contributed by atoms with Gasteiger partial charge in [-0.3, -0.25) is 14.5 Å². The molecule has 1 saturated heterocycles. The SMILES string of the molecule is Cc1ccc(C2=NO[C@H]3[C@H]4C[C@@H]([C@@H]23)[C@H]2C(=O)N(C)C(=O)[C@@H]42)c(C)c1. The van der Waals surface area contributed by atoms with Gasteiger partial charge in [0.25, 0.3) is 0 Å². The normalized spacial score (nSPS) is 39.1. The summed E-state index contributed by atoms with van der Waals surface area (Å²) in [6.07, 6.45) is 0.857. The summed E-state index contributed by atoms with van der Waals surface area (Å²) in [5.74, 6) is 0.0313. The van der Waals surface area contributed by atoms with E-state index in [9.17, 15) is 9.59 Å². The molecule has 5 rings (SSSR count). The van der Waals surface area contributed by atoms with E-state index in [0.717, 1.165) is 17.7 Å². The highest BCUT2D eigenvalue weighted by Crippen LogP contribution is 2.61. The van der Waals surface area contributed by atoms with Crippen molar-refractivity contribution in [3.8, 4) is 0 Å². The van der Waals surface area contributed by atoms with Gasteiger partial charge >= 0.3 is 0 Å². The van der Waals surface area contributed by atoms with Crippen LogP contribution in [0, 0.1) is 43.4 Å². The summed E-state index contributed by atoms with van der Waals surface area (Å²) in [6.45, 7) is 4.17. The Labute approximate surface area is 140 Å².